The lowest BCUT2D eigenvalue weighted by molar-refractivity contribution is -0.138. The molecule has 0 aromatic rings. The normalized spacial score (nSPS) is 33.0. The van der Waals surface area contributed by atoms with E-state index >= 15 is 0 Å². The fourth-order valence-electron chi connectivity index (χ4n) is 4.14. The van der Waals surface area contributed by atoms with Crippen molar-refractivity contribution < 1.29 is 9.90 Å². The number of aliphatic hydroxyl groups excluding tert-OH is 1. The van der Waals surface area contributed by atoms with Crippen LogP contribution in [0.3, 0.4) is 0 Å². The Balaban J connectivity index is 1.66. The first kappa shape index (κ1) is 14.3. The second-order valence-electron chi connectivity index (χ2n) is 6.39. The van der Waals surface area contributed by atoms with Crippen LogP contribution in [0.15, 0.2) is 0 Å². The topological polar surface area (TPSA) is 55.8 Å². The zero-order valence-corrected chi connectivity index (χ0v) is 12.3. The molecule has 2 unspecified atom stereocenters. The van der Waals surface area contributed by atoms with Crippen molar-refractivity contribution in [3.05, 3.63) is 0 Å². The number of piperidine rings is 1. The SMILES string of the molecule is O=C(C1CCCN1C1CCNCC1)N1CCCC1CO. The van der Waals surface area contributed by atoms with Gasteiger partial charge in [0.05, 0.1) is 18.7 Å². The maximum absolute atomic E-state index is 12.8. The van der Waals surface area contributed by atoms with Crippen LogP contribution in [0.4, 0.5) is 0 Å². The van der Waals surface area contributed by atoms with Gasteiger partial charge in [-0.3, -0.25) is 9.69 Å². The number of carbonyl (C=O) groups excluding carboxylic acids is 1. The summed E-state index contributed by atoms with van der Waals surface area (Å²) in [4.78, 5) is 17.2. The van der Waals surface area contributed by atoms with Gasteiger partial charge in [-0.1, -0.05) is 0 Å². The van der Waals surface area contributed by atoms with E-state index in [0.29, 0.717) is 6.04 Å². The van der Waals surface area contributed by atoms with Gasteiger partial charge < -0.3 is 15.3 Å². The molecule has 2 N–H and O–H groups in total. The average molecular weight is 281 g/mol. The van der Waals surface area contributed by atoms with E-state index in [4.69, 9.17) is 0 Å². The summed E-state index contributed by atoms with van der Waals surface area (Å²) in [7, 11) is 0. The second-order valence-corrected chi connectivity index (χ2v) is 6.39. The van der Waals surface area contributed by atoms with Gasteiger partial charge >= 0.3 is 0 Å². The molecule has 0 radical (unpaired) electrons. The molecule has 3 saturated heterocycles. The van der Waals surface area contributed by atoms with Crippen molar-refractivity contribution in [1.29, 1.82) is 0 Å². The lowest BCUT2D eigenvalue weighted by Crippen LogP contribution is -2.53. The molecule has 0 aromatic heterocycles. The third kappa shape index (κ3) is 2.71. The van der Waals surface area contributed by atoms with Crippen LogP contribution < -0.4 is 5.32 Å². The Bertz CT molecular complexity index is 344. The van der Waals surface area contributed by atoms with Crippen molar-refractivity contribution in [3.63, 3.8) is 0 Å². The Labute approximate surface area is 121 Å². The third-order valence-electron chi connectivity index (χ3n) is 5.23. The minimum atomic E-state index is 0.0676. The highest BCUT2D eigenvalue weighted by Crippen LogP contribution is 2.28. The van der Waals surface area contributed by atoms with Gasteiger partial charge in [0.25, 0.3) is 0 Å². The van der Waals surface area contributed by atoms with Crippen molar-refractivity contribution in [2.24, 2.45) is 0 Å². The van der Waals surface area contributed by atoms with Gasteiger partial charge in [0, 0.05) is 12.6 Å². The summed E-state index contributed by atoms with van der Waals surface area (Å²) in [5.41, 5.74) is 0. The molecule has 5 heteroatoms. The Morgan fingerprint density at radius 2 is 1.85 bits per heavy atom. The van der Waals surface area contributed by atoms with Crippen molar-refractivity contribution in [2.45, 2.75) is 56.7 Å². The van der Waals surface area contributed by atoms with Gasteiger partial charge in [-0.2, -0.15) is 0 Å². The first-order valence-corrected chi connectivity index (χ1v) is 8.19. The largest absolute Gasteiger partial charge is 0.394 e. The van der Waals surface area contributed by atoms with E-state index in [9.17, 15) is 9.90 Å². The van der Waals surface area contributed by atoms with Gasteiger partial charge in [0.15, 0.2) is 0 Å². The average Bonchev–Trinajstić information content (AvgIpc) is 3.16. The minimum absolute atomic E-state index is 0.0676. The van der Waals surface area contributed by atoms with Gasteiger partial charge in [-0.25, -0.2) is 0 Å². The Hall–Kier alpha value is -0.650. The minimum Gasteiger partial charge on any atom is -0.394 e. The highest BCUT2D eigenvalue weighted by molar-refractivity contribution is 5.82. The van der Waals surface area contributed by atoms with Crippen LogP contribution in [-0.4, -0.2) is 71.7 Å². The summed E-state index contributed by atoms with van der Waals surface area (Å²) in [6, 6.07) is 0.714. The van der Waals surface area contributed by atoms with E-state index in [1.165, 1.54) is 0 Å². The molecule has 3 fully saturated rings. The third-order valence-corrected chi connectivity index (χ3v) is 5.23. The molecule has 114 valence electrons. The summed E-state index contributed by atoms with van der Waals surface area (Å²) < 4.78 is 0. The quantitative estimate of drug-likeness (QED) is 0.775. The number of rotatable bonds is 3. The molecule has 0 saturated carbocycles. The lowest BCUT2D eigenvalue weighted by Gasteiger charge is -2.37. The van der Waals surface area contributed by atoms with Gasteiger partial charge in [-0.15, -0.1) is 0 Å². The molecule has 0 bridgehead atoms. The highest BCUT2D eigenvalue weighted by atomic mass is 16.3. The van der Waals surface area contributed by atoms with E-state index in [2.05, 4.69) is 10.2 Å². The molecule has 1 amide bonds. The predicted molar refractivity (Wildman–Crippen MR) is 77.4 cm³/mol. The fraction of sp³-hybridized carbons (Fsp3) is 0.933. The van der Waals surface area contributed by atoms with E-state index in [1.807, 2.05) is 4.90 Å². The highest BCUT2D eigenvalue weighted by Gasteiger charge is 2.40. The summed E-state index contributed by atoms with van der Waals surface area (Å²) >= 11 is 0. The van der Waals surface area contributed by atoms with Crippen molar-refractivity contribution in [3.8, 4) is 0 Å². The van der Waals surface area contributed by atoms with Gasteiger partial charge in [0.2, 0.25) is 5.91 Å². The molecule has 20 heavy (non-hydrogen) atoms. The van der Waals surface area contributed by atoms with Crippen LogP contribution in [0.5, 0.6) is 0 Å². The zero-order valence-electron chi connectivity index (χ0n) is 12.3. The molecule has 3 aliphatic rings. The number of hydrogen-bond donors (Lipinski definition) is 2. The summed E-state index contributed by atoms with van der Waals surface area (Å²) in [6.45, 7) is 4.17. The van der Waals surface area contributed by atoms with Crippen LogP contribution in [0.2, 0.25) is 0 Å². The maximum Gasteiger partial charge on any atom is 0.240 e. The van der Waals surface area contributed by atoms with E-state index in [0.717, 1.165) is 64.7 Å². The molecular formula is C15H27N3O2. The molecule has 3 aliphatic heterocycles. The summed E-state index contributed by atoms with van der Waals surface area (Å²) in [5, 5.41) is 12.8. The van der Waals surface area contributed by atoms with E-state index < -0.39 is 0 Å². The molecule has 5 nitrogen and oxygen atoms in total. The smallest absolute Gasteiger partial charge is 0.240 e. The Morgan fingerprint density at radius 3 is 2.60 bits per heavy atom. The van der Waals surface area contributed by atoms with Gasteiger partial charge in [0.1, 0.15) is 0 Å². The molecule has 3 rings (SSSR count). The fourth-order valence-corrected chi connectivity index (χ4v) is 4.14. The molecule has 0 aromatic carbocycles. The summed E-state index contributed by atoms with van der Waals surface area (Å²) in [5.74, 6) is 0.276. The van der Waals surface area contributed by atoms with E-state index in [-0.39, 0.29) is 24.6 Å². The van der Waals surface area contributed by atoms with Crippen molar-refractivity contribution in [2.75, 3.05) is 32.8 Å². The number of amides is 1. The molecule has 0 aliphatic carbocycles. The first-order valence-electron chi connectivity index (χ1n) is 8.19. The number of hydrogen-bond acceptors (Lipinski definition) is 4. The van der Waals surface area contributed by atoms with Crippen LogP contribution in [0, 0.1) is 0 Å². The van der Waals surface area contributed by atoms with Crippen molar-refractivity contribution >= 4 is 5.91 Å². The first-order chi connectivity index (χ1) is 9.81. The number of nitrogens with zero attached hydrogens (tertiary/aromatic N) is 2. The molecule has 3 heterocycles. The van der Waals surface area contributed by atoms with Crippen LogP contribution in [-0.2, 0) is 4.79 Å². The lowest BCUT2D eigenvalue weighted by atomic mass is 10.0. The Kier molecular flexibility index (Phi) is 4.58. The number of nitrogens with one attached hydrogen (secondary N) is 1. The van der Waals surface area contributed by atoms with Crippen LogP contribution >= 0.6 is 0 Å². The Morgan fingerprint density at radius 1 is 1.10 bits per heavy atom. The van der Waals surface area contributed by atoms with Crippen LogP contribution in [0.25, 0.3) is 0 Å². The zero-order chi connectivity index (χ0) is 13.9. The van der Waals surface area contributed by atoms with Crippen LogP contribution in [0.1, 0.15) is 38.5 Å². The summed E-state index contributed by atoms with van der Waals surface area (Å²) in [6.07, 6.45) is 6.45. The van der Waals surface area contributed by atoms with E-state index in [1.54, 1.807) is 0 Å². The maximum atomic E-state index is 12.8. The number of likely N-dealkylation sites (tertiary alicyclic amines) is 2. The predicted octanol–water partition coefficient (Wildman–Crippen LogP) is 0.186. The molecule has 2 atom stereocenters. The van der Waals surface area contributed by atoms with Crippen molar-refractivity contribution in [1.82, 2.24) is 15.1 Å². The second kappa shape index (κ2) is 6.41. The molecule has 0 spiro atoms. The number of aliphatic hydroxyl groups is 1. The monoisotopic (exact) mass is 281 g/mol. The molecular weight excluding hydrogens is 254 g/mol. The number of carbonyl (C=O) groups is 1. The standard InChI is InChI=1S/C15H27N3O2/c19-11-13-3-1-10-18(13)15(20)14-4-2-9-17(14)12-5-7-16-8-6-12/h12-14,16,19H,1-11H2. The van der Waals surface area contributed by atoms with Gasteiger partial charge in [-0.05, 0) is 58.2 Å².